The highest BCUT2D eigenvalue weighted by Crippen LogP contribution is 2.16. The Labute approximate surface area is 144 Å². The van der Waals surface area contributed by atoms with Gasteiger partial charge in [-0.1, -0.05) is 24.3 Å². The summed E-state index contributed by atoms with van der Waals surface area (Å²) in [5.74, 6) is -0.964. The number of rotatable bonds is 5. The van der Waals surface area contributed by atoms with E-state index in [9.17, 15) is 4.79 Å². The maximum absolute atomic E-state index is 10.9. The zero-order chi connectivity index (χ0) is 17.2. The number of nitrogens with zero attached hydrogens (tertiary/aromatic N) is 4. The van der Waals surface area contributed by atoms with Crippen molar-refractivity contribution in [1.29, 1.82) is 0 Å². The molecule has 4 rings (SSSR count). The number of fused-ring (bicyclic) bond motifs is 1. The van der Waals surface area contributed by atoms with E-state index in [1.807, 2.05) is 16.8 Å². The zero-order valence-electron chi connectivity index (χ0n) is 13.6. The van der Waals surface area contributed by atoms with Gasteiger partial charge in [0.25, 0.3) is 0 Å². The largest absolute Gasteiger partial charge is 0.478 e. The highest BCUT2D eigenvalue weighted by atomic mass is 16.5. The average molecular weight is 338 g/mol. The number of carboxylic acid groups (broad SMARTS) is 1. The molecule has 1 aliphatic heterocycles. The van der Waals surface area contributed by atoms with Crippen molar-refractivity contribution in [3.63, 3.8) is 0 Å². The number of benzene rings is 1. The molecule has 0 aliphatic carbocycles. The van der Waals surface area contributed by atoms with Crippen LogP contribution in [-0.2, 0) is 30.9 Å². The van der Waals surface area contributed by atoms with Gasteiger partial charge >= 0.3 is 5.97 Å². The highest BCUT2D eigenvalue weighted by molar-refractivity contribution is 5.86. The van der Waals surface area contributed by atoms with Crippen LogP contribution in [0.5, 0.6) is 0 Å². The van der Waals surface area contributed by atoms with Gasteiger partial charge in [-0.25, -0.2) is 4.79 Å². The Bertz CT molecular complexity index is 872. The fourth-order valence-corrected chi connectivity index (χ4v) is 2.95. The first-order valence-corrected chi connectivity index (χ1v) is 8.14. The Morgan fingerprint density at radius 1 is 1.12 bits per heavy atom. The van der Waals surface area contributed by atoms with Crippen LogP contribution in [0.25, 0.3) is 0 Å². The summed E-state index contributed by atoms with van der Waals surface area (Å²) < 4.78 is 9.03. The van der Waals surface area contributed by atoms with Crippen molar-refractivity contribution in [2.45, 2.75) is 26.1 Å². The maximum atomic E-state index is 10.9. The van der Waals surface area contributed by atoms with Crippen LogP contribution in [0.2, 0.25) is 0 Å². The first kappa shape index (κ1) is 15.6. The summed E-state index contributed by atoms with van der Waals surface area (Å²) in [7, 11) is 0. The lowest BCUT2D eigenvalue weighted by Gasteiger charge is -2.08. The molecule has 2 aromatic heterocycles. The van der Waals surface area contributed by atoms with Crippen LogP contribution in [-0.4, -0.2) is 37.2 Å². The Balaban J connectivity index is 1.42. The molecule has 0 atom stereocenters. The monoisotopic (exact) mass is 338 g/mol. The summed E-state index contributed by atoms with van der Waals surface area (Å²) >= 11 is 0. The summed E-state index contributed by atoms with van der Waals surface area (Å²) in [6.07, 6.45) is 5.83. The van der Waals surface area contributed by atoms with Crippen LogP contribution in [0.1, 0.15) is 32.7 Å². The van der Waals surface area contributed by atoms with Crippen LogP contribution < -0.4 is 0 Å². The quantitative estimate of drug-likeness (QED) is 0.769. The number of hydrogen-bond acceptors (Lipinski definition) is 4. The molecular formula is C18H18N4O3. The second-order valence-corrected chi connectivity index (χ2v) is 6.15. The predicted molar refractivity (Wildman–Crippen MR) is 89.4 cm³/mol. The molecule has 0 radical (unpaired) electrons. The SMILES string of the molecule is O=C(O)c1cnn(Cc2ccc(Cn3cc4c(n3)CCOC4)cc2)c1. The molecule has 0 spiro atoms. The van der Waals surface area contributed by atoms with Crippen LogP contribution >= 0.6 is 0 Å². The Morgan fingerprint density at radius 3 is 2.48 bits per heavy atom. The molecule has 7 nitrogen and oxygen atoms in total. The van der Waals surface area contributed by atoms with E-state index in [1.165, 1.54) is 18.0 Å². The van der Waals surface area contributed by atoms with Crippen molar-refractivity contribution in [2.24, 2.45) is 0 Å². The molecule has 0 unspecified atom stereocenters. The summed E-state index contributed by atoms with van der Waals surface area (Å²) in [5.41, 5.74) is 4.74. The van der Waals surface area contributed by atoms with Crippen LogP contribution in [0.4, 0.5) is 0 Å². The van der Waals surface area contributed by atoms with Crippen molar-refractivity contribution in [3.8, 4) is 0 Å². The van der Waals surface area contributed by atoms with Gasteiger partial charge in [-0.05, 0) is 11.1 Å². The van der Waals surface area contributed by atoms with Gasteiger partial charge in [0, 0.05) is 24.4 Å². The average Bonchev–Trinajstić information content (AvgIpc) is 3.23. The van der Waals surface area contributed by atoms with E-state index in [1.54, 1.807) is 4.68 Å². The molecule has 0 saturated carbocycles. The van der Waals surface area contributed by atoms with Gasteiger partial charge in [0.15, 0.2) is 0 Å². The Morgan fingerprint density at radius 2 is 1.84 bits per heavy atom. The van der Waals surface area contributed by atoms with E-state index in [0.29, 0.717) is 13.2 Å². The minimum absolute atomic E-state index is 0.197. The van der Waals surface area contributed by atoms with E-state index in [2.05, 4.69) is 28.5 Å². The van der Waals surface area contributed by atoms with Gasteiger partial charge in [-0.15, -0.1) is 0 Å². The van der Waals surface area contributed by atoms with Gasteiger partial charge in [-0.2, -0.15) is 10.2 Å². The van der Waals surface area contributed by atoms with Crippen molar-refractivity contribution in [1.82, 2.24) is 19.6 Å². The van der Waals surface area contributed by atoms with Crippen molar-refractivity contribution in [2.75, 3.05) is 6.61 Å². The smallest absolute Gasteiger partial charge is 0.338 e. The summed E-state index contributed by atoms with van der Waals surface area (Å²) in [6, 6.07) is 8.19. The minimum atomic E-state index is -0.964. The number of carbonyl (C=O) groups is 1. The second-order valence-electron chi connectivity index (χ2n) is 6.15. The summed E-state index contributed by atoms with van der Waals surface area (Å²) in [6.45, 7) is 2.66. The fourth-order valence-electron chi connectivity index (χ4n) is 2.95. The molecule has 3 aromatic rings. The lowest BCUT2D eigenvalue weighted by molar-refractivity contribution is 0.0696. The summed E-state index contributed by atoms with van der Waals surface area (Å²) in [4.78, 5) is 10.9. The number of aromatic carboxylic acids is 1. The molecule has 0 saturated heterocycles. The number of hydrogen-bond donors (Lipinski definition) is 1. The first-order chi connectivity index (χ1) is 12.2. The molecule has 0 bridgehead atoms. The number of aromatic nitrogens is 4. The van der Waals surface area contributed by atoms with E-state index in [0.717, 1.165) is 36.4 Å². The Hall–Kier alpha value is -2.93. The minimum Gasteiger partial charge on any atom is -0.478 e. The molecule has 1 aliphatic rings. The zero-order valence-corrected chi connectivity index (χ0v) is 13.6. The first-order valence-electron chi connectivity index (χ1n) is 8.14. The van der Waals surface area contributed by atoms with Crippen LogP contribution in [0.15, 0.2) is 42.9 Å². The van der Waals surface area contributed by atoms with Crippen molar-refractivity contribution >= 4 is 5.97 Å². The number of carboxylic acids is 1. The fraction of sp³-hybridized carbons (Fsp3) is 0.278. The van der Waals surface area contributed by atoms with E-state index < -0.39 is 5.97 Å². The number of ether oxygens (including phenoxy) is 1. The normalized spacial score (nSPS) is 13.6. The van der Waals surface area contributed by atoms with Crippen molar-refractivity contribution in [3.05, 3.63) is 70.8 Å². The standard InChI is InChI=1S/C18H18N4O3/c23-18(24)15-7-19-21(10-15)8-13-1-3-14(4-2-13)9-22-11-16-12-25-6-5-17(16)20-22/h1-4,7,10-11H,5-6,8-9,12H2,(H,23,24). The van der Waals surface area contributed by atoms with Gasteiger partial charge in [-0.3, -0.25) is 9.36 Å². The van der Waals surface area contributed by atoms with Crippen molar-refractivity contribution < 1.29 is 14.6 Å². The third kappa shape index (κ3) is 3.46. The van der Waals surface area contributed by atoms with Gasteiger partial charge in [0.05, 0.1) is 43.8 Å². The molecule has 128 valence electrons. The maximum Gasteiger partial charge on any atom is 0.338 e. The third-order valence-electron chi connectivity index (χ3n) is 4.26. The summed E-state index contributed by atoms with van der Waals surface area (Å²) in [5, 5.41) is 17.6. The molecule has 1 aromatic carbocycles. The van der Waals surface area contributed by atoms with E-state index in [-0.39, 0.29) is 5.56 Å². The topological polar surface area (TPSA) is 82.2 Å². The molecule has 0 fully saturated rings. The lowest BCUT2D eigenvalue weighted by Crippen LogP contribution is -2.08. The Kier molecular flexibility index (Phi) is 4.07. The predicted octanol–water partition coefficient (Wildman–Crippen LogP) is 1.95. The molecule has 3 heterocycles. The molecule has 25 heavy (non-hydrogen) atoms. The van der Waals surface area contributed by atoms with Crippen LogP contribution in [0, 0.1) is 0 Å². The van der Waals surface area contributed by atoms with E-state index >= 15 is 0 Å². The highest BCUT2D eigenvalue weighted by Gasteiger charge is 2.13. The van der Waals surface area contributed by atoms with Gasteiger partial charge in [0.2, 0.25) is 0 Å². The van der Waals surface area contributed by atoms with E-state index in [4.69, 9.17) is 9.84 Å². The van der Waals surface area contributed by atoms with Crippen LogP contribution in [0.3, 0.4) is 0 Å². The molecule has 1 N–H and O–H groups in total. The molecule has 0 amide bonds. The lowest BCUT2D eigenvalue weighted by atomic mass is 10.1. The second kappa shape index (κ2) is 6.52. The van der Waals surface area contributed by atoms with Gasteiger partial charge < -0.3 is 9.84 Å². The molecular weight excluding hydrogens is 320 g/mol. The third-order valence-corrected chi connectivity index (χ3v) is 4.26. The molecule has 7 heteroatoms. The van der Waals surface area contributed by atoms with Gasteiger partial charge in [0.1, 0.15) is 0 Å².